The molecule has 0 aliphatic carbocycles. The number of nitrogens with one attached hydrogen (secondary N) is 1. The third-order valence-electron chi connectivity index (χ3n) is 3.40. The topological polar surface area (TPSA) is 32.3 Å². The Morgan fingerprint density at radius 2 is 1.89 bits per heavy atom. The van der Waals surface area contributed by atoms with Gasteiger partial charge in [0.25, 0.3) is 0 Å². The largest absolute Gasteiger partial charge is 0.344 e. The zero-order chi connectivity index (χ0) is 14.3. The third-order valence-corrected chi connectivity index (χ3v) is 3.40. The maximum absolute atomic E-state index is 11.9. The molecule has 3 heteroatoms. The van der Waals surface area contributed by atoms with Gasteiger partial charge in [0.2, 0.25) is 5.91 Å². The number of amides is 1. The number of carbonyl (C=O) groups is 1. The molecule has 3 nitrogen and oxygen atoms in total. The molecule has 1 amide bonds. The normalized spacial score (nSPS) is 10.8. The Morgan fingerprint density at radius 3 is 2.42 bits per heavy atom. The highest BCUT2D eigenvalue weighted by Crippen LogP contribution is 2.15. The van der Waals surface area contributed by atoms with Gasteiger partial charge in [-0.15, -0.1) is 0 Å². The maximum atomic E-state index is 11.9. The molecular formula is C16H26N2O. The van der Waals surface area contributed by atoms with Crippen LogP contribution >= 0.6 is 0 Å². The highest BCUT2D eigenvalue weighted by molar-refractivity contribution is 5.76. The van der Waals surface area contributed by atoms with Crippen LogP contribution in [-0.4, -0.2) is 38.0 Å². The minimum Gasteiger partial charge on any atom is -0.344 e. The molecule has 0 atom stereocenters. The smallest absolute Gasteiger partial charge is 0.222 e. The molecule has 0 spiro atoms. The molecule has 106 valence electrons. The first-order valence-corrected chi connectivity index (χ1v) is 7.02. The molecule has 1 aromatic rings. The summed E-state index contributed by atoms with van der Waals surface area (Å²) >= 11 is 0. The number of rotatable bonds is 7. The lowest BCUT2D eigenvalue weighted by Gasteiger charge is -2.16. The van der Waals surface area contributed by atoms with Crippen LogP contribution in [0.3, 0.4) is 0 Å². The Labute approximate surface area is 117 Å². The van der Waals surface area contributed by atoms with Gasteiger partial charge in [-0.2, -0.15) is 0 Å². The van der Waals surface area contributed by atoms with Gasteiger partial charge >= 0.3 is 0 Å². The van der Waals surface area contributed by atoms with Crippen molar-refractivity contribution in [3.63, 3.8) is 0 Å². The summed E-state index contributed by atoms with van der Waals surface area (Å²) < 4.78 is 0. The Bertz CT molecular complexity index is 384. The quantitative estimate of drug-likeness (QED) is 0.818. The summed E-state index contributed by atoms with van der Waals surface area (Å²) in [4.78, 5) is 13.7. The monoisotopic (exact) mass is 262 g/mol. The van der Waals surface area contributed by atoms with E-state index in [1.54, 1.807) is 4.90 Å². The van der Waals surface area contributed by atoms with Crippen molar-refractivity contribution in [2.24, 2.45) is 0 Å². The fourth-order valence-electron chi connectivity index (χ4n) is 1.92. The third kappa shape index (κ3) is 5.43. The molecule has 0 saturated heterocycles. The van der Waals surface area contributed by atoms with Crippen molar-refractivity contribution in [1.82, 2.24) is 10.2 Å². The minimum absolute atomic E-state index is 0.211. The fraction of sp³-hybridized carbons (Fsp3) is 0.562. The van der Waals surface area contributed by atoms with Crippen molar-refractivity contribution in [2.75, 3.05) is 27.2 Å². The maximum Gasteiger partial charge on any atom is 0.222 e. The van der Waals surface area contributed by atoms with Crippen LogP contribution in [0.1, 0.15) is 37.3 Å². The van der Waals surface area contributed by atoms with Crippen LogP contribution in [0.2, 0.25) is 0 Å². The molecule has 19 heavy (non-hydrogen) atoms. The van der Waals surface area contributed by atoms with Gasteiger partial charge in [0.1, 0.15) is 0 Å². The van der Waals surface area contributed by atoms with Crippen LogP contribution in [0.15, 0.2) is 24.3 Å². The predicted octanol–water partition coefficient (Wildman–Crippen LogP) is 2.42. The second-order valence-corrected chi connectivity index (χ2v) is 5.32. The number of hydrogen-bond acceptors (Lipinski definition) is 2. The molecule has 0 heterocycles. The van der Waals surface area contributed by atoms with Gasteiger partial charge in [-0.05, 0) is 30.5 Å². The molecule has 0 radical (unpaired) electrons. The summed E-state index contributed by atoms with van der Waals surface area (Å²) in [5.74, 6) is 0.770. The number of nitrogens with zero attached hydrogens (tertiary/aromatic N) is 1. The van der Waals surface area contributed by atoms with E-state index in [4.69, 9.17) is 0 Å². The summed E-state index contributed by atoms with van der Waals surface area (Å²) in [7, 11) is 3.76. The first-order chi connectivity index (χ1) is 9.04. The summed E-state index contributed by atoms with van der Waals surface area (Å²) in [6.07, 6.45) is 1.41. The Morgan fingerprint density at radius 1 is 1.26 bits per heavy atom. The molecular weight excluding hydrogens is 236 g/mol. The van der Waals surface area contributed by atoms with Crippen LogP contribution in [0.25, 0.3) is 0 Å². The van der Waals surface area contributed by atoms with E-state index in [1.807, 2.05) is 14.1 Å². The lowest BCUT2D eigenvalue weighted by molar-refractivity contribution is -0.129. The predicted molar refractivity (Wildman–Crippen MR) is 80.4 cm³/mol. The van der Waals surface area contributed by atoms with Gasteiger partial charge in [0, 0.05) is 26.6 Å². The van der Waals surface area contributed by atoms with Crippen molar-refractivity contribution in [2.45, 2.75) is 32.6 Å². The van der Waals surface area contributed by atoms with Crippen LogP contribution < -0.4 is 5.32 Å². The summed E-state index contributed by atoms with van der Waals surface area (Å²) in [6.45, 7) is 5.98. The van der Waals surface area contributed by atoms with Gasteiger partial charge in [-0.25, -0.2) is 0 Å². The van der Waals surface area contributed by atoms with E-state index < -0.39 is 0 Å². The second kappa shape index (κ2) is 7.95. The summed E-state index contributed by atoms with van der Waals surface area (Å²) in [5, 5.41) is 3.05. The van der Waals surface area contributed by atoms with Crippen LogP contribution in [0, 0.1) is 0 Å². The van der Waals surface area contributed by atoms with Gasteiger partial charge in [-0.3, -0.25) is 4.79 Å². The van der Waals surface area contributed by atoms with E-state index in [2.05, 4.69) is 43.4 Å². The fourth-order valence-corrected chi connectivity index (χ4v) is 1.92. The zero-order valence-electron chi connectivity index (χ0n) is 12.6. The van der Waals surface area contributed by atoms with E-state index in [-0.39, 0.29) is 5.91 Å². The highest BCUT2D eigenvalue weighted by atomic mass is 16.2. The number of likely N-dealkylation sites (N-methyl/N-ethyl adjacent to an activating group) is 2. The molecule has 1 rings (SSSR count). The first-order valence-electron chi connectivity index (χ1n) is 7.02. The molecule has 1 N–H and O–H groups in total. The first kappa shape index (κ1) is 15.7. The van der Waals surface area contributed by atoms with Crippen molar-refractivity contribution in [3.8, 4) is 0 Å². The molecule has 0 aromatic heterocycles. The highest BCUT2D eigenvalue weighted by Gasteiger charge is 2.08. The SMILES string of the molecule is CNCCN(C)C(=O)CCc1ccc(C(C)C)cc1. The number of hydrogen-bond donors (Lipinski definition) is 1. The minimum atomic E-state index is 0.211. The molecule has 0 aliphatic heterocycles. The van der Waals surface area contributed by atoms with Gasteiger partial charge in [0.15, 0.2) is 0 Å². The molecule has 0 fully saturated rings. The average molecular weight is 262 g/mol. The Kier molecular flexibility index (Phi) is 6.57. The van der Waals surface area contributed by atoms with Crippen LogP contribution in [0.5, 0.6) is 0 Å². The van der Waals surface area contributed by atoms with Gasteiger partial charge < -0.3 is 10.2 Å². The second-order valence-electron chi connectivity index (χ2n) is 5.32. The summed E-state index contributed by atoms with van der Waals surface area (Å²) in [5.41, 5.74) is 2.58. The van der Waals surface area contributed by atoms with Gasteiger partial charge in [-0.1, -0.05) is 38.1 Å². The van der Waals surface area contributed by atoms with E-state index in [9.17, 15) is 4.79 Å². The van der Waals surface area contributed by atoms with Crippen molar-refractivity contribution >= 4 is 5.91 Å². The van der Waals surface area contributed by atoms with E-state index in [0.717, 1.165) is 19.5 Å². The van der Waals surface area contributed by atoms with Crippen LogP contribution in [-0.2, 0) is 11.2 Å². The molecule has 0 bridgehead atoms. The van der Waals surface area contributed by atoms with E-state index in [0.29, 0.717) is 12.3 Å². The lowest BCUT2D eigenvalue weighted by atomic mass is 10.0. The molecule has 0 aliphatic rings. The zero-order valence-corrected chi connectivity index (χ0v) is 12.6. The van der Waals surface area contributed by atoms with Gasteiger partial charge in [0.05, 0.1) is 0 Å². The van der Waals surface area contributed by atoms with Crippen molar-refractivity contribution in [3.05, 3.63) is 35.4 Å². The van der Waals surface area contributed by atoms with Crippen molar-refractivity contribution < 1.29 is 4.79 Å². The number of benzene rings is 1. The van der Waals surface area contributed by atoms with Crippen LogP contribution in [0.4, 0.5) is 0 Å². The van der Waals surface area contributed by atoms with Crippen molar-refractivity contribution in [1.29, 1.82) is 0 Å². The number of aryl methyl sites for hydroxylation is 1. The van der Waals surface area contributed by atoms with E-state index >= 15 is 0 Å². The average Bonchev–Trinajstić information content (AvgIpc) is 2.42. The summed E-state index contributed by atoms with van der Waals surface area (Å²) in [6, 6.07) is 8.59. The number of carbonyl (C=O) groups excluding carboxylic acids is 1. The molecule has 0 saturated carbocycles. The molecule has 1 aromatic carbocycles. The van der Waals surface area contributed by atoms with E-state index in [1.165, 1.54) is 11.1 Å². The standard InChI is InChI=1S/C16H26N2O/c1-13(2)15-8-5-14(6-9-15)7-10-16(19)18(4)12-11-17-3/h5-6,8-9,13,17H,7,10-12H2,1-4H3. The Hall–Kier alpha value is -1.35. The lowest BCUT2D eigenvalue weighted by Crippen LogP contribution is -2.32. The Balaban J connectivity index is 2.41. The molecule has 0 unspecified atom stereocenters.